The summed E-state index contributed by atoms with van der Waals surface area (Å²) in [7, 11) is 0. The lowest BCUT2D eigenvalue weighted by Gasteiger charge is -2.41. The average Bonchev–Trinajstić information content (AvgIpc) is 2.67. The Morgan fingerprint density at radius 1 is 1.50 bits per heavy atom. The van der Waals surface area contributed by atoms with E-state index in [9.17, 15) is 9.59 Å². The van der Waals surface area contributed by atoms with Gasteiger partial charge in [-0.15, -0.1) is 11.3 Å². The van der Waals surface area contributed by atoms with Gasteiger partial charge in [-0.1, -0.05) is 0 Å². The summed E-state index contributed by atoms with van der Waals surface area (Å²) in [4.78, 5) is 31.0. The number of carbonyl (C=O) groups excluding carboxylic acids is 2. The summed E-state index contributed by atoms with van der Waals surface area (Å²) in [5.41, 5.74) is 1.85. The summed E-state index contributed by atoms with van der Waals surface area (Å²) in [5.74, 6) is -0.163. The molecule has 18 heavy (non-hydrogen) atoms. The van der Waals surface area contributed by atoms with Gasteiger partial charge in [-0.05, 0) is 27.7 Å². The van der Waals surface area contributed by atoms with Crippen molar-refractivity contribution in [2.45, 2.75) is 45.8 Å². The number of carbonyl (C=O) groups is 2. The first kappa shape index (κ1) is 13.0. The zero-order valence-corrected chi connectivity index (χ0v) is 11.8. The molecule has 2 amide bonds. The highest BCUT2D eigenvalue weighted by Gasteiger charge is 2.43. The van der Waals surface area contributed by atoms with Crippen LogP contribution in [-0.2, 0) is 16.1 Å². The van der Waals surface area contributed by atoms with Gasteiger partial charge in [0.1, 0.15) is 11.6 Å². The first-order chi connectivity index (χ1) is 8.33. The number of hydrogen-bond acceptors (Lipinski definition) is 4. The number of nitrogens with one attached hydrogen (secondary N) is 1. The molecule has 0 radical (unpaired) electrons. The lowest BCUT2D eigenvalue weighted by atomic mass is 9.97. The van der Waals surface area contributed by atoms with Gasteiger partial charge in [-0.25, -0.2) is 4.98 Å². The summed E-state index contributed by atoms with van der Waals surface area (Å²) in [5, 5.41) is 2.74. The number of nitrogens with zero attached hydrogens (tertiary/aromatic N) is 2. The van der Waals surface area contributed by atoms with Crippen LogP contribution in [0.15, 0.2) is 5.51 Å². The fourth-order valence-electron chi connectivity index (χ4n) is 1.98. The van der Waals surface area contributed by atoms with E-state index in [2.05, 4.69) is 10.3 Å². The Morgan fingerprint density at radius 3 is 2.72 bits per heavy atom. The normalized spacial score (nSPS) is 23.1. The topological polar surface area (TPSA) is 62.3 Å². The van der Waals surface area contributed by atoms with Gasteiger partial charge in [0.2, 0.25) is 11.8 Å². The fourth-order valence-corrected chi connectivity index (χ4v) is 2.76. The standard InChI is InChI=1S/C12H17N3O2S/c1-7-9(18-6-13-7)5-15-8(2)10(16)14-12(3,4)11(15)17/h6,8H,5H2,1-4H3,(H,14,16). The van der Waals surface area contributed by atoms with Crippen LogP contribution < -0.4 is 5.32 Å². The molecule has 0 aromatic carbocycles. The number of aryl methyl sites for hydroxylation is 1. The molecule has 0 bridgehead atoms. The van der Waals surface area contributed by atoms with Crippen molar-refractivity contribution >= 4 is 23.2 Å². The molecule has 1 N–H and O–H groups in total. The number of thiazole rings is 1. The summed E-state index contributed by atoms with van der Waals surface area (Å²) >= 11 is 1.51. The van der Waals surface area contributed by atoms with Crippen molar-refractivity contribution in [1.82, 2.24) is 15.2 Å². The molecule has 1 aliphatic heterocycles. The summed E-state index contributed by atoms with van der Waals surface area (Å²) in [6.45, 7) is 7.57. The van der Waals surface area contributed by atoms with E-state index in [4.69, 9.17) is 0 Å². The quantitative estimate of drug-likeness (QED) is 0.872. The van der Waals surface area contributed by atoms with E-state index in [1.165, 1.54) is 11.3 Å². The maximum absolute atomic E-state index is 12.3. The van der Waals surface area contributed by atoms with Crippen LogP contribution in [0.1, 0.15) is 31.3 Å². The van der Waals surface area contributed by atoms with Crippen LogP contribution in [0.4, 0.5) is 0 Å². The Morgan fingerprint density at radius 2 is 2.17 bits per heavy atom. The molecule has 2 heterocycles. The van der Waals surface area contributed by atoms with E-state index in [1.54, 1.807) is 31.2 Å². The highest BCUT2D eigenvalue weighted by atomic mass is 32.1. The molecule has 6 heteroatoms. The van der Waals surface area contributed by atoms with Gasteiger partial charge >= 0.3 is 0 Å². The van der Waals surface area contributed by atoms with Gasteiger partial charge < -0.3 is 10.2 Å². The summed E-state index contributed by atoms with van der Waals surface area (Å²) in [6, 6.07) is -0.438. The molecule has 98 valence electrons. The predicted molar refractivity (Wildman–Crippen MR) is 69.1 cm³/mol. The Bertz CT molecular complexity index is 495. The smallest absolute Gasteiger partial charge is 0.248 e. The minimum atomic E-state index is -0.831. The molecule has 1 aliphatic rings. The third kappa shape index (κ3) is 2.12. The number of hydrogen-bond donors (Lipinski definition) is 1. The van der Waals surface area contributed by atoms with Crippen molar-refractivity contribution in [3.8, 4) is 0 Å². The second kappa shape index (κ2) is 4.35. The lowest BCUT2D eigenvalue weighted by molar-refractivity contribution is -0.153. The second-order valence-electron chi connectivity index (χ2n) is 5.08. The van der Waals surface area contributed by atoms with Crippen LogP contribution in [0.2, 0.25) is 0 Å². The molecule has 1 atom stereocenters. The van der Waals surface area contributed by atoms with Crippen molar-refractivity contribution < 1.29 is 9.59 Å². The number of aromatic nitrogens is 1. The molecular weight excluding hydrogens is 250 g/mol. The molecule has 1 saturated heterocycles. The molecule has 1 aromatic heterocycles. The van der Waals surface area contributed by atoms with E-state index in [1.807, 2.05) is 6.92 Å². The van der Waals surface area contributed by atoms with Crippen LogP contribution in [0.25, 0.3) is 0 Å². The van der Waals surface area contributed by atoms with Crippen LogP contribution >= 0.6 is 11.3 Å². The van der Waals surface area contributed by atoms with Crippen LogP contribution in [0, 0.1) is 6.92 Å². The van der Waals surface area contributed by atoms with E-state index < -0.39 is 11.6 Å². The van der Waals surface area contributed by atoms with Gasteiger partial charge in [0.15, 0.2) is 0 Å². The Hall–Kier alpha value is -1.43. The third-order valence-corrected chi connectivity index (χ3v) is 4.16. The average molecular weight is 267 g/mol. The van der Waals surface area contributed by atoms with Crippen molar-refractivity contribution in [2.75, 3.05) is 0 Å². The van der Waals surface area contributed by atoms with Gasteiger partial charge in [0, 0.05) is 4.88 Å². The molecule has 1 unspecified atom stereocenters. The van der Waals surface area contributed by atoms with E-state index >= 15 is 0 Å². The van der Waals surface area contributed by atoms with Gasteiger partial charge in [0.25, 0.3) is 0 Å². The zero-order valence-electron chi connectivity index (χ0n) is 11.0. The highest BCUT2D eigenvalue weighted by molar-refractivity contribution is 7.09. The lowest BCUT2D eigenvalue weighted by Crippen LogP contribution is -2.66. The van der Waals surface area contributed by atoms with Crippen LogP contribution in [0.3, 0.4) is 0 Å². The Balaban J connectivity index is 2.27. The maximum Gasteiger partial charge on any atom is 0.248 e. The molecule has 5 nitrogen and oxygen atoms in total. The van der Waals surface area contributed by atoms with E-state index in [0.717, 1.165) is 10.6 Å². The maximum atomic E-state index is 12.3. The highest BCUT2D eigenvalue weighted by Crippen LogP contribution is 2.23. The Labute approximate surface area is 110 Å². The predicted octanol–water partition coefficient (Wildman–Crippen LogP) is 1.08. The second-order valence-corrected chi connectivity index (χ2v) is 6.02. The monoisotopic (exact) mass is 267 g/mol. The van der Waals surface area contributed by atoms with Crippen molar-refractivity contribution in [3.63, 3.8) is 0 Å². The van der Waals surface area contributed by atoms with Crippen LogP contribution in [0.5, 0.6) is 0 Å². The number of piperazine rings is 1. The van der Waals surface area contributed by atoms with Gasteiger partial charge in [-0.2, -0.15) is 0 Å². The molecule has 0 spiro atoms. The first-order valence-electron chi connectivity index (χ1n) is 5.85. The van der Waals surface area contributed by atoms with E-state index in [0.29, 0.717) is 6.54 Å². The first-order valence-corrected chi connectivity index (χ1v) is 6.73. The van der Waals surface area contributed by atoms with Gasteiger partial charge in [0.05, 0.1) is 17.7 Å². The Kier molecular flexibility index (Phi) is 3.14. The van der Waals surface area contributed by atoms with Crippen molar-refractivity contribution in [2.24, 2.45) is 0 Å². The number of amides is 2. The van der Waals surface area contributed by atoms with Crippen molar-refractivity contribution in [1.29, 1.82) is 0 Å². The van der Waals surface area contributed by atoms with E-state index in [-0.39, 0.29) is 11.8 Å². The zero-order chi connectivity index (χ0) is 13.5. The third-order valence-electron chi connectivity index (χ3n) is 3.24. The summed E-state index contributed by atoms with van der Waals surface area (Å²) in [6.07, 6.45) is 0. The molecular formula is C12H17N3O2S. The largest absolute Gasteiger partial charge is 0.340 e. The fraction of sp³-hybridized carbons (Fsp3) is 0.583. The molecule has 2 rings (SSSR count). The summed E-state index contributed by atoms with van der Waals surface area (Å²) < 4.78 is 0. The van der Waals surface area contributed by atoms with Crippen LogP contribution in [-0.4, -0.2) is 33.3 Å². The molecule has 1 aromatic rings. The SMILES string of the molecule is Cc1ncsc1CN1C(=O)C(C)(C)NC(=O)C1C. The minimum Gasteiger partial charge on any atom is -0.340 e. The van der Waals surface area contributed by atoms with Gasteiger partial charge in [-0.3, -0.25) is 9.59 Å². The minimum absolute atomic E-state index is 0.0533. The number of rotatable bonds is 2. The molecule has 0 aliphatic carbocycles. The molecule has 0 saturated carbocycles. The molecule has 1 fully saturated rings. The van der Waals surface area contributed by atoms with Crippen molar-refractivity contribution in [3.05, 3.63) is 16.1 Å².